The molecule has 7 heteroatoms. The molecule has 22 heavy (non-hydrogen) atoms. The van der Waals surface area contributed by atoms with Gasteiger partial charge in [-0.2, -0.15) is 13.2 Å². The first-order chi connectivity index (χ1) is 10.3. The molecule has 1 heterocycles. The molecular formula is C15H20F3N3O. The maximum atomic E-state index is 12.5. The van der Waals surface area contributed by atoms with Gasteiger partial charge >= 0.3 is 6.18 Å². The molecule has 1 aromatic rings. The first-order valence-corrected chi connectivity index (χ1v) is 7.21. The topological polar surface area (TPSA) is 49.6 Å². The van der Waals surface area contributed by atoms with Crippen molar-refractivity contribution in [3.63, 3.8) is 0 Å². The Balaban J connectivity index is 2.04. The lowest BCUT2D eigenvalue weighted by Crippen LogP contribution is -2.38. The second kappa shape index (κ2) is 6.56. The fourth-order valence-electron chi connectivity index (χ4n) is 2.63. The van der Waals surface area contributed by atoms with Crippen LogP contribution in [0.3, 0.4) is 0 Å². The maximum Gasteiger partial charge on any atom is 0.401 e. The second-order valence-electron chi connectivity index (χ2n) is 5.61. The highest BCUT2D eigenvalue weighted by Crippen LogP contribution is 2.19. The quantitative estimate of drug-likeness (QED) is 0.852. The van der Waals surface area contributed by atoms with E-state index >= 15 is 0 Å². The minimum Gasteiger partial charge on any atom is -0.399 e. The lowest BCUT2D eigenvalue weighted by Gasteiger charge is -2.23. The van der Waals surface area contributed by atoms with Crippen molar-refractivity contribution in [2.75, 3.05) is 38.5 Å². The van der Waals surface area contributed by atoms with Gasteiger partial charge in [0.2, 0.25) is 0 Å². The zero-order valence-corrected chi connectivity index (χ0v) is 12.5. The smallest absolute Gasteiger partial charge is 0.399 e. The Bertz CT molecular complexity index is 545. The van der Waals surface area contributed by atoms with E-state index in [-0.39, 0.29) is 12.5 Å². The van der Waals surface area contributed by atoms with Gasteiger partial charge in [0.1, 0.15) is 0 Å². The molecule has 1 aromatic carbocycles. The monoisotopic (exact) mass is 315 g/mol. The number of anilines is 1. The zero-order chi connectivity index (χ0) is 16.3. The van der Waals surface area contributed by atoms with Crippen molar-refractivity contribution in [2.24, 2.45) is 0 Å². The van der Waals surface area contributed by atoms with Crippen molar-refractivity contribution in [3.8, 4) is 0 Å². The Labute approximate surface area is 127 Å². The fraction of sp³-hybridized carbons (Fsp3) is 0.533. The SMILES string of the molecule is Cc1ccc(N)cc1C(=O)N1CCCN(CC(F)(F)F)CC1. The molecule has 122 valence electrons. The van der Waals surface area contributed by atoms with Crippen LogP contribution in [-0.4, -0.2) is 54.6 Å². The number of alkyl halides is 3. The van der Waals surface area contributed by atoms with Gasteiger partial charge in [0.15, 0.2) is 0 Å². The molecule has 1 amide bonds. The number of hydrogen-bond acceptors (Lipinski definition) is 3. The highest BCUT2D eigenvalue weighted by atomic mass is 19.4. The summed E-state index contributed by atoms with van der Waals surface area (Å²) in [5.74, 6) is -0.168. The summed E-state index contributed by atoms with van der Waals surface area (Å²) in [7, 11) is 0. The summed E-state index contributed by atoms with van der Waals surface area (Å²) in [5, 5.41) is 0. The predicted octanol–water partition coefficient (Wildman–Crippen LogP) is 2.29. The molecule has 0 bridgehead atoms. The minimum atomic E-state index is -4.20. The maximum absolute atomic E-state index is 12.5. The molecule has 1 fully saturated rings. The third-order valence-corrected chi connectivity index (χ3v) is 3.77. The summed E-state index contributed by atoms with van der Waals surface area (Å²) < 4.78 is 37.4. The summed E-state index contributed by atoms with van der Waals surface area (Å²) in [6, 6.07) is 5.12. The average Bonchev–Trinajstić information content (AvgIpc) is 2.64. The first-order valence-electron chi connectivity index (χ1n) is 7.21. The van der Waals surface area contributed by atoms with Crippen molar-refractivity contribution in [1.29, 1.82) is 0 Å². The minimum absolute atomic E-state index is 0.168. The van der Waals surface area contributed by atoms with Crippen LogP contribution in [0.5, 0.6) is 0 Å². The van der Waals surface area contributed by atoms with Crippen molar-refractivity contribution in [1.82, 2.24) is 9.80 Å². The molecule has 1 aliphatic heterocycles. The van der Waals surface area contributed by atoms with Gasteiger partial charge in [-0.15, -0.1) is 0 Å². The number of carbonyl (C=O) groups is 1. The number of nitrogen functional groups attached to an aromatic ring is 1. The van der Waals surface area contributed by atoms with Crippen LogP contribution in [0.25, 0.3) is 0 Å². The molecular weight excluding hydrogens is 295 g/mol. The van der Waals surface area contributed by atoms with Gasteiger partial charge in [-0.25, -0.2) is 0 Å². The lowest BCUT2D eigenvalue weighted by molar-refractivity contribution is -0.145. The van der Waals surface area contributed by atoms with Crippen LogP contribution in [0.4, 0.5) is 18.9 Å². The summed E-state index contributed by atoms with van der Waals surface area (Å²) in [6.45, 7) is 2.23. The van der Waals surface area contributed by atoms with E-state index in [0.717, 1.165) is 5.56 Å². The molecule has 0 aliphatic carbocycles. The molecule has 0 spiro atoms. The number of nitrogens with zero attached hydrogens (tertiary/aromatic N) is 2. The van der Waals surface area contributed by atoms with E-state index in [4.69, 9.17) is 5.73 Å². The van der Waals surface area contributed by atoms with Gasteiger partial charge in [-0.3, -0.25) is 9.69 Å². The van der Waals surface area contributed by atoms with Crippen LogP contribution in [-0.2, 0) is 0 Å². The fourth-order valence-corrected chi connectivity index (χ4v) is 2.63. The number of nitrogens with two attached hydrogens (primary N) is 1. The largest absolute Gasteiger partial charge is 0.401 e. The third-order valence-electron chi connectivity index (χ3n) is 3.77. The Morgan fingerprint density at radius 3 is 2.64 bits per heavy atom. The molecule has 1 aliphatic rings. The highest BCUT2D eigenvalue weighted by molar-refractivity contribution is 5.96. The number of hydrogen-bond donors (Lipinski definition) is 1. The lowest BCUT2D eigenvalue weighted by atomic mass is 10.1. The van der Waals surface area contributed by atoms with E-state index in [2.05, 4.69) is 0 Å². The number of amides is 1. The molecule has 2 N–H and O–H groups in total. The van der Waals surface area contributed by atoms with Crippen molar-refractivity contribution >= 4 is 11.6 Å². The average molecular weight is 315 g/mol. The molecule has 0 aromatic heterocycles. The zero-order valence-electron chi connectivity index (χ0n) is 12.5. The molecule has 0 saturated carbocycles. The van der Waals surface area contributed by atoms with Crippen molar-refractivity contribution in [3.05, 3.63) is 29.3 Å². The van der Waals surface area contributed by atoms with Crippen LogP contribution in [0.2, 0.25) is 0 Å². The molecule has 0 unspecified atom stereocenters. The van der Waals surface area contributed by atoms with Crippen LogP contribution in [0.15, 0.2) is 18.2 Å². The normalized spacial score (nSPS) is 17.4. The molecule has 4 nitrogen and oxygen atoms in total. The van der Waals surface area contributed by atoms with E-state index in [9.17, 15) is 18.0 Å². The van der Waals surface area contributed by atoms with E-state index in [1.165, 1.54) is 4.90 Å². The van der Waals surface area contributed by atoms with Crippen LogP contribution < -0.4 is 5.73 Å². The molecule has 2 rings (SSSR count). The van der Waals surface area contributed by atoms with Crippen molar-refractivity contribution < 1.29 is 18.0 Å². The van der Waals surface area contributed by atoms with Gasteiger partial charge in [0, 0.05) is 37.4 Å². The van der Waals surface area contributed by atoms with Crippen molar-refractivity contribution in [2.45, 2.75) is 19.5 Å². The molecule has 1 saturated heterocycles. The Kier molecular flexibility index (Phi) is 4.95. The van der Waals surface area contributed by atoms with Gasteiger partial charge in [-0.1, -0.05) is 6.07 Å². The van der Waals surface area contributed by atoms with E-state index < -0.39 is 12.7 Å². The molecule has 0 radical (unpaired) electrons. The Hall–Kier alpha value is -1.76. The number of halogens is 3. The summed E-state index contributed by atoms with van der Waals surface area (Å²) >= 11 is 0. The van der Waals surface area contributed by atoms with Gasteiger partial charge < -0.3 is 10.6 Å². The summed E-state index contributed by atoms with van der Waals surface area (Å²) in [5.41, 5.74) is 7.55. The first kappa shape index (κ1) is 16.6. The van der Waals surface area contributed by atoms with E-state index in [0.29, 0.717) is 37.3 Å². The van der Waals surface area contributed by atoms with Gasteiger partial charge in [0.05, 0.1) is 6.54 Å². The predicted molar refractivity (Wildman–Crippen MR) is 78.6 cm³/mol. The number of rotatable bonds is 2. The third kappa shape index (κ3) is 4.37. The van der Waals surface area contributed by atoms with Gasteiger partial charge in [0.25, 0.3) is 5.91 Å². The molecule has 0 atom stereocenters. The number of benzene rings is 1. The summed E-state index contributed by atoms with van der Waals surface area (Å²) in [6.07, 6.45) is -3.67. The van der Waals surface area contributed by atoms with Crippen LogP contribution in [0, 0.1) is 6.92 Å². The standard InChI is InChI=1S/C15H20F3N3O/c1-11-3-4-12(19)9-13(11)14(22)21-6-2-5-20(7-8-21)10-15(16,17)18/h3-4,9H,2,5-8,10,19H2,1H3. The van der Waals surface area contributed by atoms with E-state index in [1.807, 2.05) is 6.92 Å². The number of carbonyl (C=O) groups excluding carboxylic acids is 1. The Morgan fingerprint density at radius 2 is 1.95 bits per heavy atom. The van der Waals surface area contributed by atoms with Crippen LogP contribution in [0.1, 0.15) is 22.3 Å². The van der Waals surface area contributed by atoms with Crippen LogP contribution >= 0.6 is 0 Å². The highest BCUT2D eigenvalue weighted by Gasteiger charge is 2.32. The van der Waals surface area contributed by atoms with Gasteiger partial charge in [-0.05, 0) is 31.0 Å². The second-order valence-corrected chi connectivity index (χ2v) is 5.61. The Morgan fingerprint density at radius 1 is 1.23 bits per heavy atom. The van der Waals surface area contributed by atoms with E-state index in [1.54, 1.807) is 23.1 Å². The summed E-state index contributed by atoms with van der Waals surface area (Å²) in [4.78, 5) is 15.5. The number of aryl methyl sites for hydroxylation is 1.